The third kappa shape index (κ3) is 4.54. The summed E-state index contributed by atoms with van der Waals surface area (Å²) in [5.41, 5.74) is 1.82. The maximum atomic E-state index is 13.5. The van der Waals surface area contributed by atoms with Gasteiger partial charge in [-0.05, 0) is 44.0 Å². The van der Waals surface area contributed by atoms with Crippen LogP contribution in [0.1, 0.15) is 30.5 Å². The third-order valence-corrected chi connectivity index (χ3v) is 4.96. The van der Waals surface area contributed by atoms with Crippen LogP contribution in [0.3, 0.4) is 0 Å². The highest BCUT2D eigenvalue weighted by atomic mass is 32.2. The van der Waals surface area contributed by atoms with Gasteiger partial charge in [-0.25, -0.2) is 17.5 Å². The highest BCUT2D eigenvalue weighted by Gasteiger charge is 2.19. The van der Waals surface area contributed by atoms with E-state index < -0.39 is 15.3 Å². The third-order valence-electron chi connectivity index (χ3n) is 3.19. The Kier molecular flexibility index (Phi) is 6.10. The molecule has 0 amide bonds. The highest BCUT2D eigenvalue weighted by molar-refractivity contribution is 7.90. The number of halogens is 1. The Hall–Kier alpha value is -0.980. The first-order chi connectivity index (χ1) is 9.27. The average Bonchev–Trinajstić information content (AvgIpc) is 2.39. The van der Waals surface area contributed by atoms with Gasteiger partial charge in [0.15, 0.2) is 0 Å². The molecule has 6 heteroatoms. The minimum Gasteiger partial charge on any atom is -0.316 e. The maximum Gasteiger partial charge on any atom is 0.215 e. The Morgan fingerprint density at radius 3 is 2.30 bits per heavy atom. The summed E-state index contributed by atoms with van der Waals surface area (Å²) in [5, 5.41) is 2.50. The fraction of sp³-hybridized carbons (Fsp3) is 0.571. The standard InChI is InChI=1S/C14H23FN2O2S/c1-5-16-8-12(4)20(18,19)17-9-13-6-10(2)14(15)11(3)7-13/h6-7,12,16-17H,5,8-9H2,1-4H3. The van der Waals surface area contributed by atoms with E-state index in [0.717, 1.165) is 12.1 Å². The summed E-state index contributed by atoms with van der Waals surface area (Å²) in [7, 11) is -3.37. The molecule has 1 atom stereocenters. The normalized spacial score (nSPS) is 13.4. The van der Waals surface area contributed by atoms with Gasteiger partial charge < -0.3 is 5.32 Å². The van der Waals surface area contributed by atoms with Gasteiger partial charge in [-0.2, -0.15) is 0 Å². The molecule has 0 radical (unpaired) electrons. The van der Waals surface area contributed by atoms with Crippen LogP contribution in [0.5, 0.6) is 0 Å². The van der Waals surface area contributed by atoms with Crippen LogP contribution in [0.4, 0.5) is 4.39 Å². The van der Waals surface area contributed by atoms with Crippen molar-refractivity contribution in [1.29, 1.82) is 0 Å². The summed E-state index contributed by atoms with van der Waals surface area (Å²) in [6, 6.07) is 3.33. The van der Waals surface area contributed by atoms with Crippen LogP contribution in [0.2, 0.25) is 0 Å². The molecular formula is C14H23FN2O2S. The zero-order chi connectivity index (χ0) is 15.3. The van der Waals surface area contributed by atoms with Crippen molar-refractivity contribution in [1.82, 2.24) is 10.0 Å². The van der Waals surface area contributed by atoms with Crippen molar-refractivity contribution >= 4 is 10.0 Å². The van der Waals surface area contributed by atoms with Crippen molar-refractivity contribution in [2.24, 2.45) is 0 Å². The zero-order valence-corrected chi connectivity index (χ0v) is 13.3. The summed E-state index contributed by atoms with van der Waals surface area (Å²) < 4.78 is 40.1. The smallest absolute Gasteiger partial charge is 0.215 e. The Morgan fingerprint density at radius 1 is 1.25 bits per heavy atom. The number of hydrogen-bond acceptors (Lipinski definition) is 3. The van der Waals surface area contributed by atoms with Crippen molar-refractivity contribution in [3.8, 4) is 0 Å². The molecule has 2 N–H and O–H groups in total. The van der Waals surface area contributed by atoms with Crippen LogP contribution in [-0.2, 0) is 16.6 Å². The lowest BCUT2D eigenvalue weighted by Crippen LogP contribution is -2.38. The van der Waals surface area contributed by atoms with E-state index in [-0.39, 0.29) is 12.4 Å². The monoisotopic (exact) mass is 302 g/mol. The van der Waals surface area contributed by atoms with Crippen LogP contribution >= 0.6 is 0 Å². The molecular weight excluding hydrogens is 279 g/mol. The summed E-state index contributed by atoms with van der Waals surface area (Å²) in [6.45, 7) is 8.26. The second-order valence-electron chi connectivity index (χ2n) is 5.03. The number of nitrogens with one attached hydrogen (secondary N) is 2. The van der Waals surface area contributed by atoms with Gasteiger partial charge in [0.25, 0.3) is 0 Å². The van der Waals surface area contributed by atoms with E-state index in [1.54, 1.807) is 32.9 Å². The Labute approximate surface area is 120 Å². The van der Waals surface area contributed by atoms with Crippen molar-refractivity contribution in [3.05, 3.63) is 34.6 Å². The van der Waals surface area contributed by atoms with E-state index in [0.29, 0.717) is 17.7 Å². The van der Waals surface area contributed by atoms with E-state index in [2.05, 4.69) is 10.0 Å². The summed E-state index contributed by atoms with van der Waals surface area (Å²) >= 11 is 0. The fourth-order valence-corrected chi connectivity index (χ4v) is 2.91. The second kappa shape index (κ2) is 7.15. The largest absolute Gasteiger partial charge is 0.316 e. The molecule has 0 saturated heterocycles. The van der Waals surface area contributed by atoms with Gasteiger partial charge >= 0.3 is 0 Å². The van der Waals surface area contributed by atoms with Gasteiger partial charge in [0, 0.05) is 13.1 Å². The first-order valence-electron chi connectivity index (χ1n) is 6.72. The lowest BCUT2D eigenvalue weighted by molar-refractivity contribution is 0.559. The predicted molar refractivity (Wildman–Crippen MR) is 79.6 cm³/mol. The lowest BCUT2D eigenvalue weighted by atomic mass is 10.1. The van der Waals surface area contributed by atoms with Crippen LogP contribution in [-0.4, -0.2) is 26.8 Å². The number of hydrogen-bond donors (Lipinski definition) is 2. The predicted octanol–water partition coefficient (Wildman–Crippen LogP) is 1.86. The van der Waals surface area contributed by atoms with E-state index in [1.165, 1.54) is 0 Å². The van der Waals surface area contributed by atoms with Crippen molar-refractivity contribution < 1.29 is 12.8 Å². The van der Waals surface area contributed by atoms with Gasteiger partial charge in [-0.3, -0.25) is 0 Å². The highest BCUT2D eigenvalue weighted by Crippen LogP contribution is 2.15. The van der Waals surface area contributed by atoms with Gasteiger partial charge in [0.1, 0.15) is 5.82 Å². The van der Waals surface area contributed by atoms with Gasteiger partial charge in [-0.15, -0.1) is 0 Å². The molecule has 20 heavy (non-hydrogen) atoms. The SMILES string of the molecule is CCNCC(C)S(=O)(=O)NCc1cc(C)c(F)c(C)c1. The molecule has 0 aliphatic rings. The fourth-order valence-electron chi connectivity index (χ4n) is 1.92. The topological polar surface area (TPSA) is 58.2 Å². The van der Waals surface area contributed by atoms with E-state index >= 15 is 0 Å². The van der Waals surface area contributed by atoms with E-state index in [4.69, 9.17) is 0 Å². The Balaban J connectivity index is 2.71. The van der Waals surface area contributed by atoms with Gasteiger partial charge in [0.2, 0.25) is 10.0 Å². The van der Waals surface area contributed by atoms with Gasteiger partial charge in [-0.1, -0.05) is 19.1 Å². The quantitative estimate of drug-likeness (QED) is 0.808. The lowest BCUT2D eigenvalue weighted by Gasteiger charge is -2.15. The summed E-state index contributed by atoms with van der Waals surface area (Å²) in [4.78, 5) is 0. The van der Waals surface area contributed by atoms with Crippen LogP contribution < -0.4 is 10.0 Å². The molecule has 0 bridgehead atoms. The Morgan fingerprint density at radius 2 is 1.80 bits per heavy atom. The van der Waals surface area contributed by atoms with Crippen LogP contribution in [0.15, 0.2) is 12.1 Å². The van der Waals surface area contributed by atoms with Crippen molar-refractivity contribution in [3.63, 3.8) is 0 Å². The second-order valence-corrected chi connectivity index (χ2v) is 7.21. The molecule has 1 unspecified atom stereocenters. The molecule has 0 aromatic heterocycles. The van der Waals surface area contributed by atoms with Crippen molar-refractivity contribution in [2.45, 2.75) is 39.5 Å². The van der Waals surface area contributed by atoms with E-state index in [9.17, 15) is 12.8 Å². The molecule has 4 nitrogen and oxygen atoms in total. The molecule has 0 heterocycles. The average molecular weight is 302 g/mol. The number of benzene rings is 1. The minimum absolute atomic E-state index is 0.181. The number of sulfonamides is 1. The van der Waals surface area contributed by atoms with Crippen LogP contribution in [0, 0.1) is 19.7 Å². The molecule has 0 aliphatic carbocycles. The zero-order valence-electron chi connectivity index (χ0n) is 12.5. The molecule has 114 valence electrons. The maximum absolute atomic E-state index is 13.5. The number of rotatable bonds is 7. The summed E-state index contributed by atoms with van der Waals surface area (Å²) in [6.07, 6.45) is 0. The van der Waals surface area contributed by atoms with Crippen molar-refractivity contribution in [2.75, 3.05) is 13.1 Å². The summed E-state index contributed by atoms with van der Waals surface area (Å²) in [5.74, 6) is -0.239. The van der Waals surface area contributed by atoms with Crippen LogP contribution in [0.25, 0.3) is 0 Å². The Bertz CT molecular complexity index is 535. The molecule has 0 saturated carbocycles. The minimum atomic E-state index is -3.37. The molecule has 0 aliphatic heterocycles. The number of aryl methyl sites for hydroxylation is 2. The molecule has 1 aromatic rings. The molecule has 1 rings (SSSR count). The molecule has 0 spiro atoms. The first-order valence-corrected chi connectivity index (χ1v) is 8.27. The molecule has 1 aromatic carbocycles. The molecule has 0 fully saturated rings. The van der Waals surface area contributed by atoms with Gasteiger partial charge in [0.05, 0.1) is 5.25 Å². The first kappa shape index (κ1) is 17.1. The van der Waals surface area contributed by atoms with E-state index in [1.807, 2.05) is 6.92 Å².